The number of aromatic nitrogens is 1. The zero-order valence-electron chi connectivity index (χ0n) is 36.3. The molecule has 310 valence electrons. The smallest absolute Gasteiger partial charge is 0.0541 e. The summed E-state index contributed by atoms with van der Waals surface area (Å²) < 4.78 is 2.43. The van der Waals surface area contributed by atoms with E-state index < -0.39 is 0 Å². The number of nitrogens with zero attached hydrogens (tertiary/aromatic N) is 2. The Bertz CT molecular complexity index is 3640. The van der Waals surface area contributed by atoms with Gasteiger partial charge in [-0.3, -0.25) is 0 Å². The molecule has 12 aromatic rings. The van der Waals surface area contributed by atoms with Crippen molar-refractivity contribution in [3.63, 3.8) is 0 Å². The van der Waals surface area contributed by atoms with Crippen molar-refractivity contribution >= 4 is 49.6 Å². The van der Waals surface area contributed by atoms with Crippen molar-refractivity contribution in [3.8, 4) is 61.3 Å². The Morgan fingerprint density at radius 2 is 0.652 bits per heavy atom. The second-order valence-corrected chi connectivity index (χ2v) is 16.8. The third kappa shape index (κ3) is 6.84. The van der Waals surface area contributed by atoms with Crippen molar-refractivity contribution < 1.29 is 0 Å². The molecule has 11 aromatic carbocycles. The number of rotatable bonds is 9. The minimum absolute atomic E-state index is 1.09. The molecular formula is C64H44N2. The van der Waals surface area contributed by atoms with Crippen molar-refractivity contribution in [2.45, 2.75) is 0 Å². The first kappa shape index (κ1) is 38.9. The monoisotopic (exact) mass is 840 g/mol. The molecule has 0 aliphatic heterocycles. The second-order valence-electron chi connectivity index (χ2n) is 16.8. The van der Waals surface area contributed by atoms with Crippen LogP contribution in [0.4, 0.5) is 17.1 Å². The van der Waals surface area contributed by atoms with E-state index in [1.54, 1.807) is 0 Å². The minimum Gasteiger partial charge on any atom is -0.309 e. The molecule has 0 saturated carbocycles. The first-order valence-corrected chi connectivity index (χ1v) is 22.7. The molecule has 1 heterocycles. The van der Waals surface area contributed by atoms with Gasteiger partial charge < -0.3 is 9.47 Å². The Morgan fingerprint density at radius 3 is 1.29 bits per heavy atom. The number of para-hydroxylation sites is 5. The third-order valence-electron chi connectivity index (χ3n) is 13.0. The molecule has 0 bridgehead atoms. The zero-order chi connectivity index (χ0) is 43.8. The molecule has 0 aliphatic carbocycles. The lowest BCUT2D eigenvalue weighted by Gasteiger charge is -2.32. The Labute approximate surface area is 385 Å². The fraction of sp³-hybridized carbons (Fsp3) is 0. The lowest BCUT2D eigenvalue weighted by molar-refractivity contribution is 1.18. The van der Waals surface area contributed by atoms with E-state index in [1.807, 2.05) is 0 Å². The van der Waals surface area contributed by atoms with Crippen LogP contribution in [0.1, 0.15) is 0 Å². The summed E-state index contributed by atoms with van der Waals surface area (Å²) in [5, 5.41) is 5.00. The molecule has 0 radical (unpaired) electrons. The van der Waals surface area contributed by atoms with Crippen molar-refractivity contribution in [3.05, 3.63) is 267 Å². The third-order valence-corrected chi connectivity index (χ3v) is 13.0. The Kier molecular flexibility index (Phi) is 9.89. The van der Waals surface area contributed by atoms with Gasteiger partial charge in [-0.05, 0) is 86.6 Å². The SMILES string of the molecule is c1ccc(-c2ccccc2N(c2ccccc2-c2ccc(-c3cccc4ccccc34)cc2)c2ccc(-c3ccccc3-n3c4ccccc4c4ccccc43)cc2-c2ccccc2)cc1. The fourth-order valence-electron chi connectivity index (χ4n) is 9.98. The zero-order valence-corrected chi connectivity index (χ0v) is 36.3. The van der Waals surface area contributed by atoms with Crippen LogP contribution < -0.4 is 4.90 Å². The summed E-state index contributed by atoms with van der Waals surface area (Å²) in [6, 6.07) is 97.0. The normalized spacial score (nSPS) is 11.3. The van der Waals surface area contributed by atoms with Crippen LogP contribution >= 0.6 is 0 Å². The number of hydrogen-bond donors (Lipinski definition) is 0. The van der Waals surface area contributed by atoms with Crippen LogP contribution in [0.5, 0.6) is 0 Å². The highest BCUT2D eigenvalue weighted by molar-refractivity contribution is 6.10. The van der Waals surface area contributed by atoms with Crippen LogP contribution in [-0.2, 0) is 0 Å². The van der Waals surface area contributed by atoms with Gasteiger partial charge in [-0.15, -0.1) is 0 Å². The van der Waals surface area contributed by atoms with Gasteiger partial charge in [0.2, 0.25) is 0 Å². The topological polar surface area (TPSA) is 8.17 Å². The van der Waals surface area contributed by atoms with Gasteiger partial charge in [0.15, 0.2) is 0 Å². The van der Waals surface area contributed by atoms with Crippen molar-refractivity contribution in [1.82, 2.24) is 4.57 Å². The maximum Gasteiger partial charge on any atom is 0.0541 e. The number of anilines is 3. The number of fused-ring (bicyclic) bond motifs is 4. The van der Waals surface area contributed by atoms with Gasteiger partial charge in [0, 0.05) is 33.0 Å². The van der Waals surface area contributed by atoms with Gasteiger partial charge in [0.05, 0.1) is 33.8 Å². The first-order chi connectivity index (χ1) is 32.8. The predicted octanol–water partition coefficient (Wildman–Crippen LogP) is 17.7. The van der Waals surface area contributed by atoms with Gasteiger partial charge in [-0.1, -0.05) is 224 Å². The molecule has 1 aromatic heterocycles. The van der Waals surface area contributed by atoms with Crippen LogP contribution in [0.3, 0.4) is 0 Å². The van der Waals surface area contributed by atoms with E-state index >= 15 is 0 Å². The lowest BCUT2D eigenvalue weighted by Crippen LogP contribution is -2.13. The fourth-order valence-corrected chi connectivity index (χ4v) is 9.98. The molecule has 2 heteroatoms. The maximum atomic E-state index is 2.49. The molecule has 0 fully saturated rings. The molecule has 0 saturated heterocycles. The summed E-state index contributed by atoms with van der Waals surface area (Å²) in [4.78, 5) is 2.49. The largest absolute Gasteiger partial charge is 0.309 e. The average molecular weight is 841 g/mol. The summed E-state index contributed by atoms with van der Waals surface area (Å²) in [5.41, 5.74) is 18.4. The van der Waals surface area contributed by atoms with E-state index in [0.29, 0.717) is 0 Å². The molecule has 0 unspecified atom stereocenters. The molecule has 66 heavy (non-hydrogen) atoms. The lowest BCUT2D eigenvalue weighted by atomic mass is 9.93. The van der Waals surface area contributed by atoms with E-state index in [-0.39, 0.29) is 0 Å². The van der Waals surface area contributed by atoms with Crippen molar-refractivity contribution in [2.75, 3.05) is 4.90 Å². The van der Waals surface area contributed by atoms with Crippen molar-refractivity contribution in [1.29, 1.82) is 0 Å². The van der Waals surface area contributed by atoms with Crippen LogP contribution in [0.2, 0.25) is 0 Å². The van der Waals surface area contributed by atoms with Crippen LogP contribution in [0, 0.1) is 0 Å². The Morgan fingerprint density at radius 1 is 0.242 bits per heavy atom. The molecule has 0 aliphatic rings. The van der Waals surface area contributed by atoms with Crippen LogP contribution in [0.25, 0.3) is 93.9 Å². The average Bonchev–Trinajstić information content (AvgIpc) is 3.74. The highest BCUT2D eigenvalue weighted by atomic mass is 15.1. The first-order valence-electron chi connectivity index (χ1n) is 22.7. The van der Waals surface area contributed by atoms with E-state index in [0.717, 1.165) is 67.3 Å². The van der Waals surface area contributed by atoms with Gasteiger partial charge >= 0.3 is 0 Å². The highest BCUT2D eigenvalue weighted by Gasteiger charge is 2.24. The molecule has 0 spiro atoms. The van der Waals surface area contributed by atoms with E-state index in [2.05, 4.69) is 276 Å². The van der Waals surface area contributed by atoms with Gasteiger partial charge in [0.25, 0.3) is 0 Å². The van der Waals surface area contributed by atoms with Crippen LogP contribution in [0.15, 0.2) is 267 Å². The van der Waals surface area contributed by atoms with E-state index in [9.17, 15) is 0 Å². The summed E-state index contributed by atoms with van der Waals surface area (Å²) in [6.07, 6.45) is 0. The standard InChI is InChI=1S/C64H44N2/c1-3-20-46(21-4-1)53-27-9-14-33-59(53)65(60-34-15-10-28-54(60)49-40-38-48(39-41-49)52-32-19-25-45-24-7-8-26-51(45)52)64-43-42-50(44-58(64)47-22-5-2-6-23-47)55-29-11-16-35-61(55)66-62-36-17-12-30-56(62)57-31-13-18-37-63(57)66/h1-44H. The van der Waals surface area contributed by atoms with Gasteiger partial charge in [0.1, 0.15) is 0 Å². The molecule has 0 amide bonds. The second kappa shape index (κ2) is 16.8. The van der Waals surface area contributed by atoms with E-state index in [4.69, 9.17) is 0 Å². The predicted molar refractivity (Wildman–Crippen MR) is 280 cm³/mol. The number of hydrogen-bond acceptors (Lipinski definition) is 1. The highest BCUT2D eigenvalue weighted by Crippen LogP contribution is 2.49. The summed E-state index contributed by atoms with van der Waals surface area (Å²) in [5.74, 6) is 0. The summed E-state index contributed by atoms with van der Waals surface area (Å²) in [6.45, 7) is 0. The Balaban J connectivity index is 1.07. The molecule has 0 N–H and O–H groups in total. The molecule has 2 nitrogen and oxygen atoms in total. The van der Waals surface area contributed by atoms with Gasteiger partial charge in [-0.25, -0.2) is 0 Å². The van der Waals surface area contributed by atoms with Gasteiger partial charge in [-0.2, -0.15) is 0 Å². The van der Waals surface area contributed by atoms with E-state index in [1.165, 1.54) is 43.7 Å². The summed E-state index contributed by atoms with van der Waals surface area (Å²) in [7, 11) is 0. The maximum absolute atomic E-state index is 2.49. The minimum atomic E-state index is 1.09. The quantitative estimate of drug-likeness (QED) is 0.141. The molecular weight excluding hydrogens is 797 g/mol. The summed E-state index contributed by atoms with van der Waals surface area (Å²) >= 11 is 0. The Hall–Kier alpha value is -8.72. The molecule has 0 atom stereocenters. The van der Waals surface area contributed by atoms with Crippen molar-refractivity contribution in [2.24, 2.45) is 0 Å². The number of benzene rings is 11. The van der Waals surface area contributed by atoms with Crippen LogP contribution in [-0.4, -0.2) is 4.57 Å². The molecule has 12 rings (SSSR count).